The van der Waals surface area contributed by atoms with Gasteiger partial charge in [-0.25, -0.2) is 4.98 Å². The van der Waals surface area contributed by atoms with Crippen LogP contribution in [0.2, 0.25) is 0 Å². The van der Waals surface area contributed by atoms with Gasteiger partial charge in [0.25, 0.3) is 0 Å². The summed E-state index contributed by atoms with van der Waals surface area (Å²) in [4.78, 5) is 8.60. The quantitative estimate of drug-likeness (QED) is 0.877. The second-order valence-corrected chi connectivity index (χ2v) is 4.49. The third-order valence-electron chi connectivity index (χ3n) is 2.46. The summed E-state index contributed by atoms with van der Waals surface area (Å²) in [5.74, 6) is 0.903. The van der Waals surface area contributed by atoms with Gasteiger partial charge in [0.1, 0.15) is 0 Å². The molecule has 0 saturated heterocycles. The monoisotopic (exact) mass is 230 g/mol. The van der Waals surface area contributed by atoms with Crippen molar-refractivity contribution in [3.05, 3.63) is 42.0 Å². The van der Waals surface area contributed by atoms with E-state index in [0.717, 1.165) is 18.2 Å². The number of nitrogens with one attached hydrogen (secondary N) is 1. The molecule has 0 aliphatic heterocycles. The van der Waals surface area contributed by atoms with Crippen LogP contribution in [0.25, 0.3) is 0 Å². The number of hydrogen-bond acceptors (Lipinski definition) is 3. The Balaban J connectivity index is 2.13. The van der Waals surface area contributed by atoms with E-state index in [2.05, 4.69) is 39.8 Å². The van der Waals surface area contributed by atoms with Gasteiger partial charge in [0.05, 0.1) is 6.54 Å². The standard InChI is InChI=1S/C13H18N4/c1-10(2)16-13-14-6-7-17(13)9-12-5-4-11(3)15-8-12/h4-8,10H,9H2,1-3H3,(H,14,16). The van der Waals surface area contributed by atoms with Crippen molar-refractivity contribution in [3.63, 3.8) is 0 Å². The third kappa shape index (κ3) is 3.06. The van der Waals surface area contributed by atoms with Crippen LogP contribution in [0.3, 0.4) is 0 Å². The van der Waals surface area contributed by atoms with Crippen LogP contribution < -0.4 is 5.32 Å². The second kappa shape index (κ2) is 4.99. The molecule has 0 atom stereocenters. The first-order valence-corrected chi connectivity index (χ1v) is 5.84. The zero-order valence-electron chi connectivity index (χ0n) is 10.5. The molecule has 0 bridgehead atoms. The minimum atomic E-state index is 0.382. The molecule has 0 aliphatic carbocycles. The Labute approximate surface area is 102 Å². The van der Waals surface area contributed by atoms with Crippen molar-refractivity contribution < 1.29 is 0 Å². The van der Waals surface area contributed by atoms with Crippen LogP contribution in [0.5, 0.6) is 0 Å². The van der Waals surface area contributed by atoms with Crippen LogP contribution >= 0.6 is 0 Å². The van der Waals surface area contributed by atoms with E-state index in [-0.39, 0.29) is 0 Å². The number of nitrogens with zero attached hydrogens (tertiary/aromatic N) is 3. The fourth-order valence-corrected chi connectivity index (χ4v) is 1.62. The SMILES string of the molecule is Cc1ccc(Cn2ccnc2NC(C)C)cn1. The maximum absolute atomic E-state index is 4.30. The predicted octanol–water partition coefficient (Wildman–Crippen LogP) is 2.46. The summed E-state index contributed by atoms with van der Waals surface area (Å²) in [6.07, 6.45) is 5.70. The lowest BCUT2D eigenvalue weighted by molar-refractivity contribution is 0.770. The molecule has 0 saturated carbocycles. The van der Waals surface area contributed by atoms with Crippen LogP contribution in [0.4, 0.5) is 5.95 Å². The molecule has 2 aromatic heterocycles. The van der Waals surface area contributed by atoms with Crippen molar-refractivity contribution in [2.24, 2.45) is 0 Å². The number of hydrogen-bond donors (Lipinski definition) is 1. The molecule has 0 radical (unpaired) electrons. The average molecular weight is 230 g/mol. The average Bonchev–Trinajstić information content (AvgIpc) is 2.68. The van der Waals surface area contributed by atoms with Crippen LogP contribution in [-0.2, 0) is 6.54 Å². The molecule has 17 heavy (non-hydrogen) atoms. The Hall–Kier alpha value is -1.84. The summed E-state index contributed by atoms with van der Waals surface area (Å²) in [7, 11) is 0. The number of aromatic nitrogens is 3. The lowest BCUT2D eigenvalue weighted by Gasteiger charge is -2.12. The summed E-state index contributed by atoms with van der Waals surface area (Å²) in [5, 5.41) is 3.32. The Morgan fingerprint density at radius 2 is 2.12 bits per heavy atom. The van der Waals surface area contributed by atoms with Crippen molar-refractivity contribution in [2.45, 2.75) is 33.4 Å². The number of pyridine rings is 1. The van der Waals surface area contributed by atoms with E-state index in [1.807, 2.05) is 31.6 Å². The van der Waals surface area contributed by atoms with Crippen molar-refractivity contribution in [1.82, 2.24) is 14.5 Å². The third-order valence-corrected chi connectivity index (χ3v) is 2.46. The van der Waals surface area contributed by atoms with Gasteiger partial charge in [-0.1, -0.05) is 6.07 Å². The molecule has 1 N–H and O–H groups in total. The normalized spacial score (nSPS) is 10.8. The van der Waals surface area contributed by atoms with Gasteiger partial charge < -0.3 is 9.88 Å². The molecule has 0 spiro atoms. The number of imidazole rings is 1. The number of aryl methyl sites for hydroxylation is 1. The van der Waals surface area contributed by atoms with Gasteiger partial charge in [-0.05, 0) is 32.4 Å². The van der Waals surface area contributed by atoms with Gasteiger partial charge in [0.2, 0.25) is 5.95 Å². The van der Waals surface area contributed by atoms with E-state index < -0.39 is 0 Å². The minimum absolute atomic E-state index is 0.382. The van der Waals surface area contributed by atoms with Crippen LogP contribution in [-0.4, -0.2) is 20.6 Å². The molecule has 4 heteroatoms. The molecule has 0 amide bonds. The summed E-state index contributed by atoms with van der Waals surface area (Å²) in [6.45, 7) is 6.99. The van der Waals surface area contributed by atoms with E-state index >= 15 is 0 Å². The molecule has 0 aliphatic rings. The molecular formula is C13H18N4. The van der Waals surface area contributed by atoms with Crippen molar-refractivity contribution in [2.75, 3.05) is 5.32 Å². The molecule has 4 nitrogen and oxygen atoms in total. The molecule has 2 heterocycles. The highest BCUT2D eigenvalue weighted by Gasteiger charge is 2.04. The molecular weight excluding hydrogens is 212 g/mol. The maximum Gasteiger partial charge on any atom is 0.203 e. The fraction of sp³-hybridized carbons (Fsp3) is 0.385. The Morgan fingerprint density at radius 1 is 1.29 bits per heavy atom. The molecule has 0 unspecified atom stereocenters. The maximum atomic E-state index is 4.30. The molecule has 2 rings (SSSR count). The van der Waals surface area contributed by atoms with E-state index in [1.165, 1.54) is 5.56 Å². The van der Waals surface area contributed by atoms with E-state index in [0.29, 0.717) is 6.04 Å². The topological polar surface area (TPSA) is 42.7 Å². The largest absolute Gasteiger partial charge is 0.353 e. The van der Waals surface area contributed by atoms with Crippen molar-refractivity contribution >= 4 is 5.95 Å². The first-order valence-electron chi connectivity index (χ1n) is 5.84. The van der Waals surface area contributed by atoms with Gasteiger partial charge in [0, 0.05) is 30.3 Å². The van der Waals surface area contributed by atoms with Crippen LogP contribution in [0, 0.1) is 6.92 Å². The van der Waals surface area contributed by atoms with Gasteiger partial charge in [0.15, 0.2) is 0 Å². The number of rotatable bonds is 4. The van der Waals surface area contributed by atoms with E-state index in [1.54, 1.807) is 0 Å². The number of anilines is 1. The Morgan fingerprint density at radius 3 is 2.76 bits per heavy atom. The van der Waals surface area contributed by atoms with E-state index in [4.69, 9.17) is 0 Å². The molecule has 90 valence electrons. The zero-order valence-corrected chi connectivity index (χ0v) is 10.5. The van der Waals surface area contributed by atoms with Crippen LogP contribution in [0.1, 0.15) is 25.1 Å². The first-order chi connectivity index (χ1) is 8.15. The predicted molar refractivity (Wildman–Crippen MR) is 69.1 cm³/mol. The highest BCUT2D eigenvalue weighted by atomic mass is 15.2. The van der Waals surface area contributed by atoms with E-state index in [9.17, 15) is 0 Å². The lowest BCUT2D eigenvalue weighted by Crippen LogP contribution is -2.15. The highest BCUT2D eigenvalue weighted by Crippen LogP contribution is 2.10. The molecule has 0 aromatic carbocycles. The minimum Gasteiger partial charge on any atom is -0.353 e. The Kier molecular flexibility index (Phi) is 3.42. The van der Waals surface area contributed by atoms with Gasteiger partial charge in [-0.3, -0.25) is 4.98 Å². The van der Waals surface area contributed by atoms with Crippen molar-refractivity contribution in [1.29, 1.82) is 0 Å². The zero-order chi connectivity index (χ0) is 12.3. The lowest BCUT2D eigenvalue weighted by atomic mass is 10.2. The second-order valence-electron chi connectivity index (χ2n) is 4.49. The van der Waals surface area contributed by atoms with Gasteiger partial charge in [-0.2, -0.15) is 0 Å². The van der Waals surface area contributed by atoms with Crippen LogP contribution in [0.15, 0.2) is 30.7 Å². The molecule has 0 fully saturated rings. The summed E-state index contributed by atoms with van der Waals surface area (Å²) in [6, 6.07) is 4.51. The fourth-order valence-electron chi connectivity index (χ4n) is 1.62. The van der Waals surface area contributed by atoms with Crippen molar-refractivity contribution in [3.8, 4) is 0 Å². The smallest absolute Gasteiger partial charge is 0.203 e. The Bertz CT molecular complexity index is 470. The first kappa shape index (κ1) is 11.6. The molecule has 2 aromatic rings. The highest BCUT2D eigenvalue weighted by molar-refractivity contribution is 5.28. The summed E-state index contributed by atoms with van der Waals surface area (Å²) >= 11 is 0. The van der Waals surface area contributed by atoms with Gasteiger partial charge in [-0.15, -0.1) is 0 Å². The summed E-state index contributed by atoms with van der Waals surface area (Å²) in [5.41, 5.74) is 2.22. The van der Waals surface area contributed by atoms with Gasteiger partial charge >= 0.3 is 0 Å². The summed E-state index contributed by atoms with van der Waals surface area (Å²) < 4.78 is 2.09.